The molecule has 0 heterocycles. The van der Waals surface area contributed by atoms with Crippen molar-refractivity contribution in [3.05, 3.63) is 64.2 Å². The van der Waals surface area contributed by atoms with Gasteiger partial charge in [-0.25, -0.2) is 13.6 Å². The van der Waals surface area contributed by atoms with Crippen molar-refractivity contribution in [2.75, 3.05) is 5.73 Å². The van der Waals surface area contributed by atoms with Crippen molar-refractivity contribution in [2.45, 2.75) is 6.61 Å². The SMILES string of the molecule is Nc1ccc(F)c(C(=O)OCc2cc(Cl)ccc2F)c1. The Morgan fingerprint density at radius 2 is 1.85 bits per heavy atom. The van der Waals surface area contributed by atoms with Gasteiger partial charge in [0.15, 0.2) is 0 Å². The smallest absolute Gasteiger partial charge is 0.341 e. The van der Waals surface area contributed by atoms with Gasteiger partial charge in [0.2, 0.25) is 0 Å². The van der Waals surface area contributed by atoms with Gasteiger partial charge in [0.1, 0.15) is 18.2 Å². The lowest BCUT2D eigenvalue weighted by atomic mass is 10.2. The highest BCUT2D eigenvalue weighted by atomic mass is 35.5. The van der Waals surface area contributed by atoms with Gasteiger partial charge in [-0.3, -0.25) is 0 Å². The van der Waals surface area contributed by atoms with E-state index < -0.39 is 17.6 Å². The number of anilines is 1. The van der Waals surface area contributed by atoms with Gasteiger partial charge in [-0.05, 0) is 36.4 Å². The van der Waals surface area contributed by atoms with E-state index in [1.807, 2.05) is 0 Å². The normalized spacial score (nSPS) is 10.3. The Hall–Kier alpha value is -2.14. The summed E-state index contributed by atoms with van der Waals surface area (Å²) in [7, 11) is 0. The molecule has 0 saturated carbocycles. The molecule has 0 atom stereocenters. The summed E-state index contributed by atoms with van der Waals surface area (Å²) < 4.78 is 31.7. The van der Waals surface area contributed by atoms with E-state index >= 15 is 0 Å². The maximum absolute atomic E-state index is 13.4. The van der Waals surface area contributed by atoms with Crippen LogP contribution >= 0.6 is 11.6 Å². The zero-order chi connectivity index (χ0) is 14.7. The topological polar surface area (TPSA) is 52.3 Å². The van der Waals surface area contributed by atoms with Crippen LogP contribution in [0.15, 0.2) is 36.4 Å². The molecule has 3 nitrogen and oxygen atoms in total. The Kier molecular flexibility index (Phi) is 4.20. The number of nitrogen functional groups attached to an aromatic ring is 1. The summed E-state index contributed by atoms with van der Waals surface area (Å²) in [5.41, 5.74) is 5.50. The molecular weight excluding hydrogens is 288 g/mol. The van der Waals surface area contributed by atoms with Crippen LogP contribution < -0.4 is 5.73 Å². The summed E-state index contributed by atoms with van der Waals surface area (Å²) in [6.07, 6.45) is 0. The van der Waals surface area contributed by atoms with Crippen LogP contribution in [-0.4, -0.2) is 5.97 Å². The van der Waals surface area contributed by atoms with E-state index in [0.717, 1.165) is 18.2 Å². The fraction of sp³-hybridized carbons (Fsp3) is 0.0714. The van der Waals surface area contributed by atoms with Crippen LogP contribution in [0, 0.1) is 11.6 Å². The number of carbonyl (C=O) groups excluding carboxylic acids is 1. The average molecular weight is 298 g/mol. The molecule has 0 aromatic heterocycles. The second kappa shape index (κ2) is 5.88. The number of carbonyl (C=O) groups is 1. The minimum absolute atomic E-state index is 0.107. The van der Waals surface area contributed by atoms with E-state index in [1.54, 1.807) is 0 Å². The van der Waals surface area contributed by atoms with Crippen LogP contribution in [0.2, 0.25) is 5.02 Å². The van der Waals surface area contributed by atoms with E-state index in [1.165, 1.54) is 18.2 Å². The quantitative estimate of drug-likeness (QED) is 0.696. The number of ether oxygens (including phenoxy) is 1. The Balaban J connectivity index is 2.12. The van der Waals surface area contributed by atoms with Crippen molar-refractivity contribution >= 4 is 23.3 Å². The van der Waals surface area contributed by atoms with E-state index in [2.05, 4.69) is 0 Å². The first-order chi connectivity index (χ1) is 9.47. The van der Waals surface area contributed by atoms with Gasteiger partial charge in [-0.2, -0.15) is 0 Å². The monoisotopic (exact) mass is 297 g/mol. The molecular formula is C14H10ClF2NO2. The summed E-state index contributed by atoms with van der Waals surface area (Å²) in [6, 6.07) is 7.41. The molecule has 2 aromatic rings. The number of hydrogen-bond donors (Lipinski definition) is 1. The van der Waals surface area contributed by atoms with Gasteiger partial charge in [0.05, 0.1) is 5.56 Å². The number of nitrogens with two attached hydrogens (primary N) is 1. The Labute approximate surface area is 118 Å². The molecule has 2 rings (SSSR count). The predicted octanol–water partition coefficient (Wildman–Crippen LogP) is 3.56. The second-order valence-corrected chi connectivity index (χ2v) is 4.49. The zero-order valence-corrected chi connectivity index (χ0v) is 11.0. The van der Waals surface area contributed by atoms with Crippen molar-refractivity contribution in [1.29, 1.82) is 0 Å². The van der Waals surface area contributed by atoms with E-state index in [-0.39, 0.29) is 23.4 Å². The number of benzene rings is 2. The molecule has 0 spiro atoms. The lowest BCUT2D eigenvalue weighted by Gasteiger charge is -2.07. The summed E-state index contributed by atoms with van der Waals surface area (Å²) in [5, 5.41) is 0.313. The summed E-state index contributed by atoms with van der Waals surface area (Å²) >= 11 is 5.71. The largest absolute Gasteiger partial charge is 0.457 e. The highest BCUT2D eigenvalue weighted by molar-refractivity contribution is 6.30. The first-order valence-corrected chi connectivity index (χ1v) is 6.01. The second-order valence-electron chi connectivity index (χ2n) is 4.05. The molecule has 20 heavy (non-hydrogen) atoms. The van der Waals surface area contributed by atoms with Crippen molar-refractivity contribution in [3.63, 3.8) is 0 Å². The maximum atomic E-state index is 13.4. The lowest BCUT2D eigenvalue weighted by molar-refractivity contribution is 0.0463. The molecule has 0 aliphatic rings. The molecule has 0 fully saturated rings. The van der Waals surface area contributed by atoms with Crippen LogP contribution in [0.3, 0.4) is 0 Å². The first kappa shape index (κ1) is 14.3. The summed E-state index contributed by atoms with van der Waals surface area (Å²) in [6.45, 7) is -0.348. The van der Waals surface area contributed by atoms with Crippen LogP contribution in [0.5, 0.6) is 0 Å². The third-order valence-electron chi connectivity index (χ3n) is 2.58. The van der Waals surface area contributed by atoms with E-state index in [0.29, 0.717) is 5.02 Å². The molecule has 2 N–H and O–H groups in total. The fourth-order valence-electron chi connectivity index (χ4n) is 1.57. The first-order valence-electron chi connectivity index (χ1n) is 5.63. The highest BCUT2D eigenvalue weighted by Gasteiger charge is 2.14. The Morgan fingerprint density at radius 3 is 2.60 bits per heavy atom. The van der Waals surface area contributed by atoms with Crippen LogP contribution in [0.1, 0.15) is 15.9 Å². The minimum Gasteiger partial charge on any atom is -0.457 e. The molecule has 104 valence electrons. The molecule has 0 bridgehead atoms. The van der Waals surface area contributed by atoms with Gasteiger partial charge in [0.25, 0.3) is 0 Å². The van der Waals surface area contributed by atoms with Crippen molar-refractivity contribution in [1.82, 2.24) is 0 Å². The Bertz CT molecular complexity index is 662. The average Bonchev–Trinajstić information content (AvgIpc) is 2.42. The fourth-order valence-corrected chi connectivity index (χ4v) is 1.77. The van der Waals surface area contributed by atoms with Gasteiger partial charge in [-0.1, -0.05) is 11.6 Å². The van der Waals surface area contributed by atoms with Crippen molar-refractivity contribution in [3.8, 4) is 0 Å². The molecule has 0 radical (unpaired) electrons. The molecule has 0 saturated heterocycles. The van der Waals surface area contributed by atoms with Crippen molar-refractivity contribution in [2.24, 2.45) is 0 Å². The third kappa shape index (κ3) is 3.24. The molecule has 0 unspecified atom stereocenters. The van der Waals surface area contributed by atoms with E-state index in [4.69, 9.17) is 22.1 Å². The number of rotatable bonds is 3. The molecule has 6 heteroatoms. The van der Waals surface area contributed by atoms with Crippen molar-refractivity contribution < 1.29 is 18.3 Å². The lowest BCUT2D eigenvalue weighted by Crippen LogP contribution is -2.09. The van der Waals surface area contributed by atoms with Crippen LogP contribution in [-0.2, 0) is 11.3 Å². The number of hydrogen-bond acceptors (Lipinski definition) is 3. The Morgan fingerprint density at radius 1 is 1.15 bits per heavy atom. The van der Waals surface area contributed by atoms with Gasteiger partial charge in [-0.15, -0.1) is 0 Å². The van der Waals surface area contributed by atoms with Crippen LogP contribution in [0.4, 0.5) is 14.5 Å². The standard InChI is InChI=1S/C14H10ClF2NO2/c15-9-1-3-12(16)8(5-9)7-20-14(19)11-6-10(18)2-4-13(11)17/h1-6H,7,18H2. The molecule has 0 aliphatic heterocycles. The molecule has 2 aromatic carbocycles. The highest BCUT2D eigenvalue weighted by Crippen LogP contribution is 2.18. The summed E-state index contributed by atoms with van der Waals surface area (Å²) in [5.74, 6) is -2.24. The third-order valence-corrected chi connectivity index (χ3v) is 2.81. The van der Waals surface area contributed by atoms with Crippen LogP contribution in [0.25, 0.3) is 0 Å². The number of halogens is 3. The molecule has 0 aliphatic carbocycles. The predicted molar refractivity (Wildman–Crippen MR) is 71.3 cm³/mol. The van der Waals surface area contributed by atoms with Gasteiger partial charge < -0.3 is 10.5 Å². The number of esters is 1. The summed E-state index contributed by atoms with van der Waals surface area (Å²) in [4.78, 5) is 11.7. The van der Waals surface area contributed by atoms with E-state index in [9.17, 15) is 13.6 Å². The maximum Gasteiger partial charge on any atom is 0.341 e. The minimum atomic E-state index is -0.922. The van der Waals surface area contributed by atoms with Gasteiger partial charge >= 0.3 is 5.97 Å². The zero-order valence-electron chi connectivity index (χ0n) is 10.2. The molecule has 0 amide bonds. The van der Waals surface area contributed by atoms with Gasteiger partial charge in [0, 0.05) is 16.3 Å².